The standard InChI is InChI=1S/C26H30ClFN4O5S/c1-4-36-24(33)20-19(14-32-8-9-37-16(13-32)12-26(2,3)25(34)35)30-22(23-29-7-10-38-23)31-21(20)17-6-5-15(28)11-18(17)27/h5-7,10-11,16,21H,4,8-9,12-14H2,1-3H3,(H,30,31)(H,34,35)/t16?,21-/m0/s1. The van der Waals surface area contributed by atoms with Crippen LogP contribution in [-0.4, -0.2) is 71.7 Å². The van der Waals surface area contributed by atoms with Crippen molar-refractivity contribution in [2.45, 2.75) is 39.3 Å². The summed E-state index contributed by atoms with van der Waals surface area (Å²) in [6.45, 7) is 7.03. The zero-order valence-electron chi connectivity index (χ0n) is 21.4. The highest BCUT2D eigenvalue weighted by atomic mass is 35.5. The molecule has 1 saturated heterocycles. The van der Waals surface area contributed by atoms with Crippen LogP contribution in [0.2, 0.25) is 5.02 Å². The van der Waals surface area contributed by atoms with Gasteiger partial charge in [-0.2, -0.15) is 0 Å². The number of ether oxygens (including phenoxy) is 2. The van der Waals surface area contributed by atoms with E-state index in [1.165, 1.54) is 29.5 Å². The van der Waals surface area contributed by atoms with Crippen LogP contribution in [0.25, 0.3) is 0 Å². The molecule has 4 rings (SSSR count). The number of carbonyl (C=O) groups excluding carboxylic acids is 1. The van der Waals surface area contributed by atoms with Gasteiger partial charge in [-0.1, -0.05) is 17.7 Å². The Labute approximate surface area is 229 Å². The third kappa shape index (κ3) is 6.40. The number of aliphatic imine (C=N–C) groups is 1. The highest BCUT2D eigenvalue weighted by Gasteiger charge is 2.37. The predicted molar refractivity (Wildman–Crippen MR) is 142 cm³/mol. The molecule has 1 aromatic carbocycles. The number of carboxylic acids is 1. The number of esters is 1. The topological polar surface area (TPSA) is 113 Å². The van der Waals surface area contributed by atoms with Gasteiger partial charge in [0, 0.05) is 47.5 Å². The Kier molecular flexibility index (Phi) is 8.81. The SMILES string of the molecule is CCOC(=O)C1=C(CN2CCOC(CC(C)(C)C(=O)O)C2)NC(c2nccs2)=N[C@H]1c1ccc(F)cc1Cl. The van der Waals surface area contributed by atoms with Crippen LogP contribution in [0.5, 0.6) is 0 Å². The number of halogens is 2. The number of hydrogen-bond donors (Lipinski definition) is 2. The average molecular weight is 565 g/mol. The summed E-state index contributed by atoms with van der Waals surface area (Å²) in [5, 5.41) is 15.4. The van der Waals surface area contributed by atoms with Crippen LogP contribution in [0, 0.1) is 11.2 Å². The monoisotopic (exact) mass is 564 g/mol. The van der Waals surface area contributed by atoms with Crippen molar-refractivity contribution < 1.29 is 28.6 Å². The first-order valence-electron chi connectivity index (χ1n) is 12.3. The molecule has 1 fully saturated rings. The molecule has 2 aliphatic rings. The van der Waals surface area contributed by atoms with Crippen LogP contribution in [0.15, 0.2) is 46.0 Å². The van der Waals surface area contributed by atoms with Gasteiger partial charge in [0.1, 0.15) is 11.9 Å². The van der Waals surface area contributed by atoms with Gasteiger partial charge in [-0.05, 0) is 39.3 Å². The first kappa shape index (κ1) is 28.2. The molecule has 0 amide bonds. The second-order valence-electron chi connectivity index (χ2n) is 9.74. The molecular formula is C26H30ClFN4O5S. The van der Waals surface area contributed by atoms with E-state index in [9.17, 15) is 19.1 Å². The number of nitrogens with zero attached hydrogens (tertiary/aromatic N) is 3. The lowest BCUT2D eigenvalue weighted by Crippen LogP contribution is -2.48. The smallest absolute Gasteiger partial charge is 0.338 e. The summed E-state index contributed by atoms with van der Waals surface area (Å²) in [6, 6.07) is 3.14. The molecular weight excluding hydrogens is 535 g/mol. The molecule has 0 aliphatic carbocycles. The van der Waals surface area contributed by atoms with Gasteiger partial charge >= 0.3 is 11.9 Å². The highest BCUT2D eigenvalue weighted by Crippen LogP contribution is 2.37. The van der Waals surface area contributed by atoms with Crippen molar-refractivity contribution in [3.63, 3.8) is 0 Å². The van der Waals surface area contributed by atoms with Crippen molar-refractivity contribution in [2.75, 3.05) is 32.8 Å². The third-order valence-electron chi connectivity index (χ3n) is 6.43. The van der Waals surface area contributed by atoms with Gasteiger partial charge in [0.2, 0.25) is 0 Å². The number of aromatic nitrogens is 1. The first-order valence-corrected chi connectivity index (χ1v) is 13.5. The zero-order chi connectivity index (χ0) is 27.4. The van der Waals surface area contributed by atoms with Gasteiger partial charge in [0.15, 0.2) is 10.8 Å². The molecule has 0 saturated carbocycles. The van der Waals surface area contributed by atoms with Crippen LogP contribution in [0.1, 0.15) is 43.8 Å². The van der Waals surface area contributed by atoms with E-state index in [0.29, 0.717) is 54.8 Å². The van der Waals surface area contributed by atoms with E-state index in [-0.39, 0.29) is 23.3 Å². The highest BCUT2D eigenvalue weighted by molar-refractivity contribution is 7.11. The molecule has 3 heterocycles. The number of carbonyl (C=O) groups is 2. The molecule has 2 N–H and O–H groups in total. The molecule has 38 heavy (non-hydrogen) atoms. The maximum Gasteiger partial charge on any atom is 0.338 e. The number of hydrogen-bond acceptors (Lipinski definition) is 9. The molecule has 0 bridgehead atoms. The average Bonchev–Trinajstić information content (AvgIpc) is 3.39. The summed E-state index contributed by atoms with van der Waals surface area (Å²) in [7, 11) is 0. The summed E-state index contributed by atoms with van der Waals surface area (Å²) in [4.78, 5) is 36.2. The number of thiazole rings is 1. The van der Waals surface area contributed by atoms with Crippen LogP contribution >= 0.6 is 22.9 Å². The molecule has 9 nitrogen and oxygen atoms in total. The second kappa shape index (κ2) is 11.9. The van der Waals surface area contributed by atoms with Gasteiger partial charge in [0.25, 0.3) is 0 Å². The maximum atomic E-state index is 13.9. The molecule has 12 heteroatoms. The fourth-order valence-electron chi connectivity index (χ4n) is 4.49. The number of benzene rings is 1. The minimum Gasteiger partial charge on any atom is -0.481 e. The molecule has 2 atom stereocenters. The van der Waals surface area contributed by atoms with E-state index in [0.717, 1.165) is 0 Å². The van der Waals surface area contributed by atoms with Gasteiger partial charge < -0.3 is 19.9 Å². The molecule has 2 aliphatic heterocycles. The van der Waals surface area contributed by atoms with E-state index in [1.807, 2.05) is 5.38 Å². The van der Waals surface area contributed by atoms with Gasteiger partial charge in [-0.3, -0.25) is 14.7 Å². The number of morpholine rings is 1. The number of nitrogens with one attached hydrogen (secondary N) is 1. The van der Waals surface area contributed by atoms with E-state index < -0.39 is 29.2 Å². The van der Waals surface area contributed by atoms with Gasteiger partial charge in [-0.25, -0.2) is 14.2 Å². The van der Waals surface area contributed by atoms with Crippen molar-refractivity contribution in [2.24, 2.45) is 10.4 Å². The fraction of sp³-hybridized carbons (Fsp3) is 0.462. The summed E-state index contributed by atoms with van der Waals surface area (Å²) >= 11 is 7.82. The maximum absolute atomic E-state index is 13.9. The largest absolute Gasteiger partial charge is 0.481 e. The van der Waals surface area contributed by atoms with Gasteiger partial charge in [0.05, 0.1) is 30.3 Å². The Morgan fingerprint density at radius 1 is 1.39 bits per heavy atom. The Bertz CT molecular complexity index is 1250. The number of aliphatic carboxylic acids is 1. The fourth-order valence-corrected chi connectivity index (χ4v) is 5.35. The van der Waals surface area contributed by atoms with E-state index in [1.54, 1.807) is 27.0 Å². The molecule has 0 radical (unpaired) electrons. The van der Waals surface area contributed by atoms with Crippen LogP contribution in [0.3, 0.4) is 0 Å². The summed E-state index contributed by atoms with van der Waals surface area (Å²) in [5.41, 5.74) is 0.357. The lowest BCUT2D eigenvalue weighted by Gasteiger charge is -2.37. The Morgan fingerprint density at radius 3 is 2.84 bits per heavy atom. The Morgan fingerprint density at radius 2 is 2.18 bits per heavy atom. The van der Waals surface area contributed by atoms with Crippen molar-refractivity contribution in [3.05, 3.63) is 62.5 Å². The van der Waals surface area contributed by atoms with E-state index in [2.05, 4.69) is 15.2 Å². The number of rotatable bonds is 9. The second-order valence-corrected chi connectivity index (χ2v) is 11.0. The van der Waals surface area contributed by atoms with Crippen LogP contribution < -0.4 is 5.32 Å². The van der Waals surface area contributed by atoms with Crippen molar-refractivity contribution in [3.8, 4) is 0 Å². The summed E-state index contributed by atoms with van der Waals surface area (Å²) < 4.78 is 25.2. The molecule has 204 valence electrons. The zero-order valence-corrected chi connectivity index (χ0v) is 22.9. The minimum absolute atomic E-state index is 0.141. The quantitative estimate of drug-likeness (QED) is 0.439. The molecule has 1 unspecified atom stereocenters. The molecule has 1 aromatic heterocycles. The minimum atomic E-state index is -0.943. The van der Waals surface area contributed by atoms with Crippen molar-refractivity contribution in [1.82, 2.24) is 15.2 Å². The van der Waals surface area contributed by atoms with Crippen LogP contribution in [-0.2, 0) is 19.1 Å². The first-order chi connectivity index (χ1) is 18.1. The lowest BCUT2D eigenvalue weighted by atomic mass is 9.86. The van der Waals surface area contributed by atoms with Crippen LogP contribution in [0.4, 0.5) is 4.39 Å². The third-order valence-corrected chi connectivity index (χ3v) is 7.54. The Hall–Kier alpha value is -2.86. The summed E-state index contributed by atoms with van der Waals surface area (Å²) in [5.74, 6) is -1.48. The number of carboxylic acid groups (broad SMARTS) is 1. The summed E-state index contributed by atoms with van der Waals surface area (Å²) in [6.07, 6.45) is 1.71. The number of amidine groups is 1. The van der Waals surface area contributed by atoms with E-state index >= 15 is 0 Å². The van der Waals surface area contributed by atoms with Gasteiger partial charge in [-0.15, -0.1) is 11.3 Å². The predicted octanol–water partition coefficient (Wildman–Crippen LogP) is 4.05. The molecule has 0 spiro atoms. The van der Waals surface area contributed by atoms with Crippen molar-refractivity contribution in [1.29, 1.82) is 0 Å². The lowest BCUT2D eigenvalue weighted by molar-refractivity contribution is -0.150. The Balaban J connectivity index is 1.71. The van der Waals surface area contributed by atoms with E-state index in [4.69, 9.17) is 26.1 Å². The van der Waals surface area contributed by atoms with Crippen molar-refractivity contribution >= 4 is 40.7 Å². The normalized spacial score (nSPS) is 20.6. The molecule has 2 aromatic rings.